The summed E-state index contributed by atoms with van der Waals surface area (Å²) in [5, 5.41) is 10.1. The van der Waals surface area contributed by atoms with Gasteiger partial charge in [-0.2, -0.15) is 5.10 Å². The van der Waals surface area contributed by atoms with Gasteiger partial charge in [-0.1, -0.05) is 0 Å². The van der Waals surface area contributed by atoms with E-state index >= 15 is 0 Å². The molecular formula is C14H17N5O. The van der Waals surface area contributed by atoms with Gasteiger partial charge in [0.1, 0.15) is 11.5 Å². The Bertz CT molecular complexity index is 629. The lowest BCUT2D eigenvalue weighted by Crippen LogP contribution is -2.39. The molecular weight excluding hydrogens is 254 g/mol. The summed E-state index contributed by atoms with van der Waals surface area (Å²) in [6.45, 7) is 3.66. The van der Waals surface area contributed by atoms with E-state index < -0.39 is 0 Å². The van der Waals surface area contributed by atoms with Gasteiger partial charge in [-0.3, -0.25) is 9.89 Å². The van der Waals surface area contributed by atoms with Crippen molar-refractivity contribution >= 4 is 5.91 Å². The van der Waals surface area contributed by atoms with Gasteiger partial charge in [0.15, 0.2) is 0 Å². The SMILES string of the molecule is Cc1cc(C(=O)NC2CCc3cn[nH]c3C2)nc(C)n1. The van der Waals surface area contributed by atoms with Crippen molar-refractivity contribution in [2.75, 3.05) is 0 Å². The molecule has 2 aromatic heterocycles. The maximum Gasteiger partial charge on any atom is 0.270 e. The van der Waals surface area contributed by atoms with Crippen molar-refractivity contribution in [2.45, 2.75) is 39.2 Å². The van der Waals surface area contributed by atoms with Crippen molar-refractivity contribution < 1.29 is 4.79 Å². The lowest BCUT2D eigenvalue weighted by molar-refractivity contribution is 0.0928. The maximum atomic E-state index is 12.2. The number of nitrogens with one attached hydrogen (secondary N) is 2. The average molecular weight is 271 g/mol. The molecule has 1 atom stereocenters. The Morgan fingerprint density at radius 1 is 1.40 bits per heavy atom. The Morgan fingerprint density at radius 3 is 3.05 bits per heavy atom. The Kier molecular flexibility index (Phi) is 3.22. The van der Waals surface area contributed by atoms with E-state index in [2.05, 4.69) is 25.5 Å². The van der Waals surface area contributed by atoms with Gasteiger partial charge in [0.25, 0.3) is 5.91 Å². The van der Waals surface area contributed by atoms with E-state index in [0.29, 0.717) is 11.5 Å². The zero-order chi connectivity index (χ0) is 14.1. The lowest BCUT2D eigenvalue weighted by Gasteiger charge is -2.22. The number of carbonyl (C=O) groups is 1. The zero-order valence-electron chi connectivity index (χ0n) is 11.6. The summed E-state index contributed by atoms with van der Waals surface area (Å²) < 4.78 is 0. The fourth-order valence-electron chi connectivity index (χ4n) is 2.62. The highest BCUT2D eigenvalue weighted by molar-refractivity contribution is 5.92. The molecule has 2 heterocycles. The monoisotopic (exact) mass is 271 g/mol. The second kappa shape index (κ2) is 5.03. The molecule has 0 aromatic carbocycles. The first-order valence-electron chi connectivity index (χ1n) is 6.76. The minimum absolute atomic E-state index is 0.131. The van der Waals surface area contributed by atoms with Crippen LogP contribution in [0.1, 0.15) is 39.7 Å². The van der Waals surface area contributed by atoms with Crippen LogP contribution in [0, 0.1) is 13.8 Å². The highest BCUT2D eigenvalue weighted by atomic mass is 16.1. The second-order valence-corrected chi connectivity index (χ2v) is 5.23. The summed E-state index contributed by atoms with van der Waals surface area (Å²) in [7, 11) is 0. The number of carbonyl (C=O) groups excluding carboxylic acids is 1. The Balaban J connectivity index is 1.71. The largest absolute Gasteiger partial charge is 0.348 e. The van der Waals surface area contributed by atoms with Gasteiger partial charge < -0.3 is 5.32 Å². The molecule has 1 unspecified atom stereocenters. The van der Waals surface area contributed by atoms with Crippen LogP contribution in [0.4, 0.5) is 0 Å². The van der Waals surface area contributed by atoms with Crippen LogP contribution in [0.15, 0.2) is 12.3 Å². The summed E-state index contributed by atoms with van der Waals surface area (Å²) in [4.78, 5) is 20.6. The molecule has 0 saturated carbocycles. The van der Waals surface area contributed by atoms with Gasteiger partial charge in [0, 0.05) is 23.9 Å². The van der Waals surface area contributed by atoms with Crippen LogP contribution < -0.4 is 5.32 Å². The minimum Gasteiger partial charge on any atom is -0.348 e. The Morgan fingerprint density at radius 2 is 2.25 bits per heavy atom. The summed E-state index contributed by atoms with van der Waals surface area (Å²) in [5.74, 6) is 0.487. The first-order valence-corrected chi connectivity index (χ1v) is 6.76. The number of H-pyrrole nitrogens is 1. The van der Waals surface area contributed by atoms with E-state index in [-0.39, 0.29) is 11.9 Å². The summed E-state index contributed by atoms with van der Waals surface area (Å²) in [5.41, 5.74) is 3.62. The van der Waals surface area contributed by atoms with Crippen molar-refractivity contribution in [2.24, 2.45) is 0 Å². The molecule has 0 bridgehead atoms. The smallest absolute Gasteiger partial charge is 0.270 e. The number of amides is 1. The van der Waals surface area contributed by atoms with Gasteiger partial charge in [-0.05, 0) is 38.3 Å². The van der Waals surface area contributed by atoms with Crippen molar-refractivity contribution in [3.05, 3.63) is 40.7 Å². The topological polar surface area (TPSA) is 83.6 Å². The summed E-state index contributed by atoms with van der Waals surface area (Å²) in [6.07, 6.45) is 4.54. The van der Waals surface area contributed by atoms with Crippen LogP contribution in [0.2, 0.25) is 0 Å². The lowest BCUT2D eigenvalue weighted by atomic mass is 9.93. The standard InChI is InChI=1S/C14H17N5O/c1-8-5-13(17-9(2)16-8)14(20)18-11-4-3-10-7-15-19-12(10)6-11/h5,7,11H,3-4,6H2,1-2H3,(H,15,19)(H,18,20). The maximum absolute atomic E-state index is 12.2. The zero-order valence-corrected chi connectivity index (χ0v) is 11.6. The first-order chi connectivity index (χ1) is 9.61. The number of hydrogen-bond donors (Lipinski definition) is 2. The second-order valence-electron chi connectivity index (χ2n) is 5.23. The van der Waals surface area contributed by atoms with Crippen LogP contribution in [-0.2, 0) is 12.8 Å². The van der Waals surface area contributed by atoms with Gasteiger partial charge in [0.2, 0.25) is 0 Å². The van der Waals surface area contributed by atoms with E-state index in [1.165, 1.54) is 5.56 Å². The van der Waals surface area contributed by atoms with Crippen molar-refractivity contribution in [3.8, 4) is 0 Å². The molecule has 2 N–H and O–H groups in total. The Labute approximate surface area is 117 Å². The fraction of sp³-hybridized carbons (Fsp3) is 0.429. The van der Waals surface area contributed by atoms with Crippen LogP contribution in [-0.4, -0.2) is 32.1 Å². The number of aryl methyl sites for hydroxylation is 3. The third kappa shape index (κ3) is 2.54. The highest BCUT2D eigenvalue weighted by Gasteiger charge is 2.22. The molecule has 104 valence electrons. The predicted octanol–water partition coefficient (Wildman–Crippen LogP) is 1.10. The number of aromatic nitrogens is 4. The summed E-state index contributed by atoms with van der Waals surface area (Å²) in [6, 6.07) is 1.85. The molecule has 6 nitrogen and oxygen atoms in total. The molecule has 0 aliphatic heterocycles. The number of nitrogens with zero attached hydrogens (tertiary/aromatic N) is 3. The van der Waals surface area contributed by atoms with Crippen LogP contribution in [0.3, 0.4) is 0 Å². The molecule has 1 aliphatic rings. The number of aromatic amines is 1. The van der Waals surface area contributed by atoms with Gasteiger partial charge in [0.05, 0.1) is 6.20 Å². The summed E-state index contributed by atoms with van der Waals surface area (Å²) >= 11 is 0. The van der Waals surface area contributed by atoms with E-state index in [9.17, 15) is 4.79 Å². The average Bonchev–Trinajstić information content (AvgIpc) is 2.85. The van der Waals surface area contributed by atoms with Crippen LogP contribution in [0.5, 0.6) is 0 Å². The van der Waals surface area contributed by atoms with Crippen LogP contribution in [0.25, 0.3) is 0 Å². The molecule has 20 heavy (non-hydrogen) atoms. The van der Waals surface area contributed by atoms with E-state index in [1.807, 2.05) is 13.1 Å². The molecule has 0 spiro atoms. The molecule has 1 aliphatic carbocycles. The van der Waals surface area contributed by atoms with Crippen molar-refractivity contribution in [3.63, 3.8) is 0 Å². The van der Waals surface area contributed by atoms with Gasteiger partial charge in [-0.15, -0.1) is 0 Å². The third-order valence-corrected chi connectivity index (χ3v) is 3.55. The quantitative estimate of drug-likeness (QED) is 0.857. The number of fused-ring (bicyclic) bond motifs is 1. The first kappa shape index (κ1) is 12.8. The predicted molar refractivity (Wildman–Crippen MR) is 73.4 cm³/mol. The molecule has 6 heteroatoms. The van der Waals surface area contributed by atoms with Gasteiger partial charge >= 0.3 is 0 Å². The number of rotatable bonds is 2. The van der Waals surface area contributed by atoms with Crippen molar-refractivity contribution in [1.82, 2.24) is 25.5 Å². The van der Waals surface area contributed by atoms with Crippen LogP contribution >= 0.6 is 0 Å². The van der Waals surface area contributed by atoms with Gasteiger partial charge in [-0.25, -0.2) is 9.97 Å². The minimum atomic E-state index is -0.133. The van der Waals surface area contributed by atoms with E-state index in [0.717, 1.165) is 30.7 Å². The molecule has 0 saturated heterocycles. The number of hydrogen-bond acceptors (Lipinski definition) is 4. The normalized spacial score (nSPS) is 17.6. The van der Waals surface area contributed by atoms with E-state index in [4.69, 9.17) is 0 Å². The molecule has 0 fully saturated rings. The molecule has 2 aromatic rings. The Hall–Kier alpha value is -2.24. The molecule has 1 amide bonds. The fourth-order valence-corrected chi connectivity index (χ4v) is 2.62. The molecule has 0 radical (unpaired) electrons. The van der Waals surface area contributed by atoms with Crippen molar-refractivity contribution in [1.29, 1.82) is 0 Å². The third-order valence-electron chi connectivity index (χ3n) is 3.55. The molecule has 3 rings (SSSR count). The highest BCUT2D eigenvalue weighted by Crippen LogP contribution is 2.19. The van der Waals surface area contributed by atoms with E-state index in [1.54, 1.807) is 13.0 Å².